The molecule has 3 aromatic heterocycles. The number of nitrogens with zero attached hydrogens (tertiary/aromatic N) is 4. The lowest BCUT2D eigenvalue weighted by Crippen LogP contribution is -2.00. The van der Waals surface area contributed by atoms with Crippen molar-refractivity contribution in [3.05, 3.63) is 134 Å². The Balaban J connectivity index is 1.32. The van der Waals surface area contributed by atoms with E-state index in [1.54, 1.807) is 0 Å². The van der Waals surface area contributed by atoms with Crippen LogP contribution < -0.4 is 0 Å². The summed E-state index contributed by atoms with van der Waals surface area (Å²) >= 11 is 0. The van der Waals surface area contributed by atoms with Crippen LogP contribution >= 0.6 is 0 Å². The first-order valence-corrected chi connectivity index (χ1v) is 14.2. The average Bonchev–Trinajstić information content (AvgIpc) is 3.44. The third-order valence-electron chi connectivity index (χ3n) is 8.17. The molecule has 0 fully saturated rings. The Kier molecular flexibility index (Phi) is 5.13. The van der Waals surface area contributed by atoms with Crippen LogP contribution in [0.15, 0.2) is 138 Å². The normalized spacial score (nSPS) is 11.7. The second kappa shape index (κ2) is 9.29. The van der Waals surface area contributed by atoms with Crippen molar-refractivity contribution in [2.45, 2.75) is 0 Å². The Morgan fingerprint density at radius 1 is 0.442 bits per heavy atom. The first-order valence-electron chi connectivity index (χ1n) is 14.2. The molecule has 5 nitrogen and oxygen atoms in total. The van der Waals surface area contributed by atoms with Crippen LogP contribution in [0.2, 0.25) is 0 Å². The van der Waals surface area contributed by atoms with E-state index in [9.17, 15) is 0 Å². The molecular weight excluding hydrogens is 528 g/mol. The molecule has 0 aliphatic carbocycles. The molecule has 0 spiro atoms. The fourth-order valence-corrected chi connectivity index (χ4v) is 6.08. The predicted octanol–water partition coefficient (Wildman–Crippen LogP) is 9.63. The van der Waals surface area contributed by atoms with Crippen molar-refractivity contribution in [3.63, 3.8) is 0 Å². The molecule has 0 bridgehead atoms. The largest absolute Gasteiger partial charge is 0.456 e. The van der Waals surface area contributed by atoms with Crippen LogP contribution in [0, 0.1) is 0 Å². The van der Waals surface area contributed by atoms with Crippen molar-refractivity contribution in [1.82, 2.24) is 19.9 Å². The second-order valence-corrected chi connectivity index (χ2v) is 10.7. The number of hydrogen-bond acceptors (Lipinski definition) is 5. The maximum absolute atomic E-state index is 6.34. The molecule has 5 heteroatoms. The molecule has 9 aromatic rings. The standard InChI is InChI=1S/C38H22N4O/c1-2-8-25(9-3-1)36-40-37(27-16-15-24-14-13-23-7-4-5-10-29(23)31(24)20-27)42-38(41-36)30-11-6-12-33-35(30)32-19-26-17-18-39-22-28(26)21-34(32)43-33/h1-22H. The van der Waals surface area contributed by atoms with E-state index in [1.165, 1.54) is 21.5 Å². The highest BCUT2D eigenvalue weighted by Crippen LogP contribution is 2.38. The van der Waals surface area contributed by atoms with E-state index < -0.39 is 0 Å². The number of rotatable bonds is 3. The highest BCUT2D eigenvalue weighted by molar-refractivity contribution is 6.15. The summed E-state index contributed by atoms with van der Waals surface area (Å²) in [6, 6.07) is 41.6. The van der Waals surface area contributed by atoms with E-state index in [-0.39, 0.29) is 0 Å². The van der Waals surface area contributed by atoms with Crippen molar-refractivity contribution in [2.75, 3.05) is 0 Å². The number of aromatic nitrogens is 4. The molecule has 9 rings (SSSR count). The minimum Gasteiger partial charge on any atom is -0.456 e. The first kappa shape index (κ1) is 23.7. The molecule has 43 heavy (non-hydrogen) atoms. The fourth-order valence-electron chi connectivity index (χ4n) is 6.08. The molecule has 6 aromatic carbocycles. The molecule has 0 radical (unpaired) electrons. The van der Waals surface area contributed by atoms with Crippen LogP contribution in [0.1, 0.15) is 0 Å². The van der Waals surface area contributed by atoms with Gasteiger partial charge in [-0.05, 0) is 57.3 Å². The van der Waals surface area contributed by atoms with Gasteiger partial charge in [0, 0.05) is 45.2 Å². The number of pyridine rings is 1. The van der Waals surface area contributed by atoms with Gasteiger partial charge in [-0.3, -0.25) is 4.98 Å². The van der Waals surface area contributed by atoms with E-state index in [4.69, 9.17) is 19.4 Å². The van der Waals surface area contributed by atoms with Crippen molar-refractivity contribution < 1.29 is 4.42 Å². The van der Waals surface area contributed by atoms with Gasteiger partial charge in [0.15, 0.2) is 17.5 Å². The van der Waals surface area contributed by atoms with Gasteiger partial charge in [-0.2, -0.15) is 0 Å². The first-order chi connectivity index (χ1) is 21.3. The third-order valence-corrected chi connectivity index (χ3v) is 8.17. The summed E-state index contributed by atoms with van der Waals surface area (Å²) in [5.74, 6) is 1.85. The van der Waals surface area contributed by atoms with Gasteiger partial charge < -0.3 is 4.42 Å². The van der Waals surface area contributed by atoms with Gasteiger partial charge in [0.25, 0.3) is 0 Å². The molecule has 0 atom stereocenters. The molecule has 3 heterocycles. The summed E-state index contributed by atoms with van der Waals surface area (Å²) in [5, 5.41) is 8.89. The molecule has 0 aliphatic heterocycles. The highest BCUT2D eigenvalue weighted by atomic mass is 16.3. The molecule has 0 amide bonds. The van der Waals surface area contributed by atoms with Crippen molar-refractivity contribution in [3.8, 4) is 34.2 Å². The van der Waals surface area contributed by atoms with E-state index >= 15 is 0 Å². The summed E-state index contributed by atoms with van der Waals surface area (Å²) in [4.78, 5) is 19.4. The topological polar surface area (TPSA) is 64.7 Å². The Bertz CT molecular complexity index is 2520. The van der Waals surface area contributed by atoms with E-state index in [2.05, 4.69) is 77.8 Å². The number of hydrogen-bond donors (Lipinski definition) is 0. The van der Waals surface area contributed by atoms with Gasteiger partial charge in [0.1, 0.15) is 11.2 Å². The lowest BCUT2D eigenvalue weighted by molar-refractivity contribution is 0.669. The Morgan fingerprint density at radius 3 is 2.12 bits per heavy atom. The summed E-state index contributed by atoms with van der Waals surface area (Å²) in [5.41, 5.74) is 4.36. The Hall–Kier alpha value is -5.94. The zero-order valence-electron chi connectivity index (χ0n) is 22.9. The lowest BCUT2D eigenvalue weighted by Gasteiger charge is -2.10. The zero-order valence-corrected chi connectivity index (χ0v) is 22.9. The summed E-state index contributed by atoms with van der Waals surface area (Å²) < 4.78 is 6.34. The zero-order chi connectivity index (χ0) is 28.3. The lowest BCUT2D eigenvalue weighted by atomic mass is 9.99. The predicted molar refractivity (Wildman–Crippen MR) is 174 cm³/mol. The summed E-state index contributed by atoms with van der Waals surface area (Å²) in [6.07, 6.45) is 3.68. The SMILES string of the molecule is c1ccc(-c2nc(-c3ccc4ccc5ccccc5c4c3)nc(-c3cccc4oc5cc6cnccc6cc5c34)n2)cc1. The monoisotopic (exact) mass is 550 g/mol. The molecule has 0 N–H and O–H groups in total. The van der Waals surface area contributed by atoms with E-state index in [0.29, 0.717) is 17.5 Å². The molecule has 0 unspecified atom stereocenters. The van der Waals surface area contributed by atoms with E-state index in [1.807, 2.05) is 60.9 Å². The van der Waals surface area contributed by atoms with Crippen molar-refractivity contribution >= 4 is 54.3 Å². The minimum atomic E-state index is 0.602. The summed E-state index contributed by atoms with van der Waals surface area (Å²) in [7, 11) is 0. The van der Waals surface area contributed by atoms with Gasteiger partial charge in [-0.1, -0.05) is 91.0 Å². The summed E-state index contributed by atoms with van der Waals surface area (Å²) in [6.45, 7) is 0. The van der Waals surface area contributed by atoms with Crippen LogP contribution in [0.4, 0.5) is 0 Å². The molecule has 0 saturated heterocycles. The number of furan rings is 1. The minimum absolute atomic E-state index is 0.602. The number of benzene rings is 6. The van der Waals surface area contributed by atoms with Gasteiger partial charge in [0.05, 0.1) is 0 Å². The van der Waals surface area contributed by atoms with Gasteiger partial charge >= 0.3 is 0 Å². The fraction of sp³-hybridized carbons (Fsp3) is 0. The van der Waals surface area contributed by atoms with Gasteiger partial charge in [0.2, 0.25) is 0 Å². The Morgan fingerprint density at radius 2 is 1.21 bits per heavy atom. The molecular formula is C38H22N4O. The highest BCUT2D eigenvalue weighted by Gasteiger charge is 2.18. The third kappa shape index (κ3) is 3.86. The molecule has 200 valence electrons. The van der Waals surface area contributed by atoms with Crippen LogP contribution in [0.5, 0.6) is 0 Å². The maximum atomic E-state index is 6.34. The second-order valence-electron chi connectivity index (χ2n) is 10.7. The number of fused-ring (bicyclic) bond motifs is 7. The molecule has 0 aliphatic rings. The smallest absolute Gasteiger partial charge is 0.164 e. The van der Waals surface area contributed by atoms with E-state index in [0.717, 1.165) is 49.4 Å². The van der Waals surface area contributed by atoms with Crippen molar-refractivity contribution in [1.29, 1.82) is 0 Å². The average molecular weight is 551 g/mol. The van der Waals surface area contributed by atoms with Gasteiger partial charge in [-0.25, -0.2) is 15.0 Å². The maximum Gasteiger partial charge on any atom is 0.164 e. The van der Waals surface area contributed by atoms with Crippen LogP contribution in [0.3, 0.4) is 0 Å². The molecule has 0 saturated carbocycles. The van der Waals surface area contributed by atoms with Crippen LogP contribution in [-0.4, -0.2) is 19.9 Å². The van der Waals surface area contributed by atoms with Gasteiger partial charge in [-0.15, -0.1) is 0 Å². The van der Waals surface area contributed by atoms with Crippen LogP contribution in [0.25, 0.3) is 88.4 Å². The Labute approximate surface area is 246 Å². The quantitative estimate of drug-likeness (QED) is 0.205. The van der Waals surface area contributed by atoms with Crippen molar-refractivity contribution in [2.24, 2.45) is 0 Å². The van der Waals surface area contributed by atoms with Crippen LogP contribution in [-0.2, 0) is 0 Å².